The third kappa shape index (κ3) is 1.79. The van der Waals surface area contributed by atoms with Crippen molar-refractivity contribution < 1.29 is 0 Å². The van der Waals surface area contributed by atoms with Gasteiger partial charge < -0.3 is 0 Å². The van der Waals surface area contributed by atoms with Gasteiger partial charge in [0, 0.05) is 21.6 Å². The van der Waals surface area contributed by atoms with Crippen LogP contribution in [0.3, 0.4) is 0 Å². The van der Waals surface area contributed by atoms with Crippen LogP contribution in [0.2, 0.25) is 0 Å². The fourth-order valence-electron chi connectivity index (χ4n) is 1.40. The maximum absolute atomic E-state index is 5.45. The lowest BCUT2D eigenvalue weighted by atomic mass is 10.0. The van der Waals surface area contributed by atoms with Gasteiger partial charge in [0.05, 0.1) is 0 Å². The van der Waals surface area contributed by atoms with Crippen molar-refractivity contribution in [1.82, 2.24) is 0 Å². The highest BCUT2D eigenvalue weighted by Crippen LogP contribution is 2.28. The topological polar surface area (TPSA) is 0 Å². The van der Waals surface area contributed by atoms with E-state index < -0.39 is 0 Å². The molecule has 0 aliphatic rings. The van der Waals surface area contributed by atoms with Gasteiger partial charge in [-0.05, 0) is 29.6 Å². The summed E-state index contributed by atoms with van der Waals surface area (Å²) in [6.07, 6.45) is 10.8. The molecule has 0 saturated carbocycles. The van der Waals surface area contributed by atoms with Crippen molar-refractivity contribution >= 4 is 11.3 Å². The number of hydrogen-bond donors (Lipinski definition) is 0. The molecule has 0 aliphatic heterocycles. The fraction of sp³-hybridized carbons (Fsp3) is 0. The van der Waals surface area contributed by atoms with Crippen molar-refractivity contribution in [3.63, 3.8) is 0 Å². The van der Waals surface area contributed by atoms with Gasteiger partial charge in [-0.1, -0.05) is 17.9 Å². The zero-order chi connectivity index (χ0) is 10.7. The lowest BCUT2D eigenvalue weighted by Gasteiger charge is -2.02. The second kappa shape index (κ2) is 4.05. The maximum atomic E-state index is 5.45. The molecule has 0 radical (unpaired) electrons. The molecule has 15 heavy (non-hydrogen) atoms. The lowest BCUT2D eigenvalue weighted by Crippen LogP contribution is -1.83. The highest BCUT2D eigenvalue weighted by Gasteiger charge is 2.04. The third-order valence-corrected chi connectivity index (χ3v) is 3.03. The molecule has 0 amide bonds. The second-order valence-corrected chi connectivity index (χ2v) is 3.97. The minimum Gasteiger partial charge on any atom is -0.144 e. The summed E-state index contributed by atoms with van der Waals surface area (Å²) in [5.41, 5.74) is 2.79. The van der Waals surface area contributed by atoms with E-state index in [4.69, 9.17) is 12.8 Å². The molecular formula is C14H8S. The zero-order valence-corrected chi connectivity index (χ0v) is 8.84. The smallest absolute Gasteiger partial charge is 0.0355 e. The Bertz CT molecular complexity index is 548. The number of benzene rings is 1. The first-order valence-electron chi connectivity index (χ1n) is 4.46. The quantitative estimate of drug-likeness (QED) is 0.630. The van der Waals surface area contributed by atoms with Crippen molar-refractivity contribution in [3.8, 4) is 35.1 Å². The SMILES string of the molecule is C#Cc1ccc(C#C)c(-c2cccs2)c1. The van der Waals surface area contributed by atoms with Crippen LogP contribution in [0, 0.1) is 24.7 Å². The summed E-state index contributed by atoms with van der Waals surface area (Å²) in [6, 6.07) is 9.77. The van der Waals surface area contributed by atoms with E-state index in [1.165, 1.54) is 0 Å². The second-order valence-electron chi connectivity index (χ2n) is 3.03. The van der Waals surface area contributed by atoms with Crippen LogP contribution in [-0.2, 0) is 0 Å². The molecule has 2 aromatic rings. The summed E-state index contributed by atoms with van der Waals surface area (Å²) in [4.78, 5) is 1.15. The highest BCUT2D eigenvalue weighted by molar-refractivity contribution is 7.13. The van der Waals surface area contributed by atoms with Crippen LogP contribution in [0.25, 0.3) is 10.4 Å². The molecule has 0 spiro atoms. The summed E-state index contributed by atoms with van der Waals surface area (Å²) < 4.78 is 0. The average Bonchev–Trinajstić information content (AvgIpc) is 2.81. The molecule has 0 N–H and O–H groups in total. The predicted molar refractivity (Wildman–Crippen MR) is 65.6 cm³/mol. The molecule has 2 rings (SSSR count). The minimum atomic E-state index is 0.859. The Morgan fingerprint density at radius 2 is 1.93 bits per heavy atom. The molecule has 0 saturated heterocycles. The van der Waals surface area contributed by atoms with Crippen LogP contribution >= 0.6 is 11.3 Å². The summed E-state index contributed by atoms with van der Waals surface area (Å²) in [7, 11) is 0. The predicted octanol–water partition coefficient (Wildman–Crippen LogP) is 3.38. The molecule has 70 valence electrons. The molecule has 0 aliphatic carbocycles. The van der Waals surface area contributed by atoms with Crippen LogP contribution in [-0.4, -0.2) is 0 Å². The van der Waals surface area contributed by atoms with E-state index in [1.54, 1.807) is 11.3 Å². The molecule has 1 aromatic carbocycles. The van der Waals surface area contributed by atoms with E-state index in [0.29, 0.717) is 0 Å². The Hall–Kier alpha value is -1.96. The Balaban J connectivity index is 2.65. The van der Waals surface area contributed by atoms with Gasteiger partial charge in [0.15, 0.2) is 0 Å². The van der Waals surface area contributed by atoms with Gasteiger partial charge in [0.1, 0.15) is 0 Å². The fourth-order valence-corrected chi connectivity index (χ4v) is 2.15. The van der Waals surface area contributed by atoms with Crippen molar-refractivity contribution in [2.75, 3.05) is 0 Å². The first-order valence-corrected chi connectivity index (χ1v) is 5.34. The molecule has 0 bridgehead atoms. The van der Waals surface area contributed by atoms with Crippen molar-refractivity contribution in [3.05, 3.63) is 46.8 Å². The molecule has 0 nitrogen and oxygen atoms in total. The maximum Gasteiger partial charge on any atom is 0.0355 e. The summed E-state index contributed by atoms with van der Waals surface area (Å²) >= 11 is 1.66. The van der Waals surface area contributed by atoms with E-state index in [1.807, 2.05) is 35.7 Å². The van der Waals surface area contributed by atoms with Gasteiger partial charge in [0.2, 0.25) is 0 Å². The van der Waals surface area contributed by atoms with Gasteiger partial charge in [-0.25, -0.2) is 0 Å². The van der Waals surface area contributed by atoms with Crippen LogP contribution in [0.15, 0.2) is 35.7 Å². The van der Waals surface area contributed by atoms with Gasteiger partial charge in [-0.15, -0.1) is 24.2 Å². The van der Waals surface area contributed by atoms with Crippen LogP contribution in [0.1, 0.15) is 11.1 Å². The third-order valence-electron chi connectivity index (χ3n) is 2.13. The first-order chi connectivity index (χ1) is 7.35. The van der Waals surface area contributed by atoms with Crippen molar-refractivity contribution in [1.29, 1.82) is 0 Å². The molecule has 0 unspecified atom stereocenters. The van der Waals surface area contributed by atoms with E-state index in [2.05, 4.69) is 11.8 Å². The van der Waals surface area contributed by atoms with Crippen LogP contribution in [0.5, 0.6) is 0 Å². The molecule has 1 heterocycles. The molecule has 1 aromatic heterocycles. The normalized spacial score (nSPS) is 9.20. The minimum absolute atomic E-state index is 0.859. The zero-order valence-electron chi connectivity index (χ0n) is 8.03. The number of rotatable bonds is 1. The number of thiophene rings is 1. The van der Waals surface area contributed by atoms with E-state index in [-0.39, 0.29) is 0 Å². The van der Waals surface area contributed by atoms with Gasteiger partial charge in [-0.3, -0.25) is 0 Å². The van der Waals surface area contributed by atoms with Gasteiger partial charge in [-0.2, -0.15) is 0 Å². The van der Waals surface area contributed by atoms with Crippen molar-refractivity contribution in [2.24, 2.45) is 0 Å². The van der Waals surface area contributed by atoms with Gasteiger partial charge in [0.25, 0.3) is 0 Å². The Labute approximate surface area is 93.6 Å². The Morgan fingerprint density at radius 3 is 2.53 bits per heavy atom. The van der Waals surface area contributed by atoms with Gasteiger partial charge >= 0.3 is 0 Å². The first kappa shape index (κ1) is 9.59. The average molecular weight is 208 g/mol. The monoisotopic (exact) mass is 208 g/mol. The number of hydrogen-bond acceptors (Lipinski definition) is 1. The highest BCUT2D eigenvalue weighted by atomic mass is 32.1. The molecular weight excluding hydrogens is 200 g/mol. The summed E-state index contributed by atoms with van der Waals surface area (Å²) in [5, 5.41) is 2.03. The lowest BCUT2D eigenvalue weighted by molar-refractivity contribution is 1.60. The summed E-state index contributed by atoms with van der Waals surface area (Å²) in [5.74, 6) is 5.29. The molecule has 0 atom stereocenters. The van der Waals surface area contributed by atoms with Crippen LogP contribution < -0.4 is 0 Å². The largest absolute Gasteiger partial charge is 0.144 e. The van der Waals surface area contributed by atoms with Crippen molar-refractivity contribution in [2.45, 2.75) is 0 Å². The number of terminal acetylenes is 2. The van der Waals surface area contributed by atoms with Crippen LogP contribution in [0.4, 0.5) is 0 Å². The Morgan fingerprint density at radius 1 is 1.07 bits per heavy atom. The summed E-state index contributed by atoms with van der Waals surface area (Å²) in [6.45, 7) is 0. The standard InChI is InChI=1S/C14H8S/c1-3-11-7-8-12(4-2)13(10-11)14-6-5-9-15-14/h1-2,5-10H. The Kier molecular flexibility index (Phi) is 2.59. The van der Waals surface area contributed by atoms with E-state index in [9.17, 15) is 0 Å². The molecule has 1 heteroatoms. The van der Waals surface area contributed by atoms with E-state index in [0.717, 1.165) is 21.6 Å². The van der Waals surface area contributed by atoms with E-state index >= 15 is 0 Å². The molecule has 0 fully saturated rings.